The first-order valence-corrected chi connectivity index (χ1v) is 15.7. The van der Waals surface area contributed by atoms with Crippen LogP contribution in [0.2, 0.25) is 0 Å². The summed E-state index contributed by atoms with van der Waals surface area (Å²) in [4.78, 5) is 14.8. The molecule has 0 radical (unpaired) electrons. The van der Waals surface area contributed by atoms with E-state index in [0.717, 1.165) is 68.2 Å². The number of anilines is 1. The molecular weight excluding hydrogens is 565 g/mol. The van der Waals surface area contributed by atoms with Gasteiger partial charge in [-0.25, -0.2) is 0 Å². The predicted molar refractivity (Wildman–Crippen MR) is 170 cm³/mol. The van der Waals surface area contributed by atoms with Crippen molar-refractivity contribution in [1.82, 2.24) is 5.32 Å². The van der Waals surface area contributed by atoms with Gasteiger partial charge in [0, 0.05) is 43.0 Å². The number of hydrogen-bond acceptors (Lipinski definition) is 4. The summed E-state index contributed by atoms with van der Waals surface area (Å²) in [7, 11) is 0. The van der Waals surface area contributed by atoms with Gasteiger partial charge in [0.05, 0.1) is 5.56 Å². The van der Waals surface area contributed by atoms with Crippen molar-refractivity contribution < 1.29 is 27.1 Å². The summed E-state index contributed by atoms with van der Waals surface area (Å²) in [6.07, 6.45) is 2.23. The monoisotopic (exact) mass is 608 g/mol. The SMILES string of the molecule is CCCC(CCC)NC(=O)c1cc2cc(OC3CCN(c4ccc(C(F)(F)F)cc4)CC3)ccc2o1.CCc1ccccc1. The Kier molecular flexibility index (Phi) is 11.8. The van der Waals surface area contributed by atoms with Gasteiger partial charge in [-0.2, -0.15) is 13.2 Å². The van der Waals surface area contributed by atoms with Crippen LogP contribution in [-0.4, -0.2) is 31.1 Å². The second-order valence-corrected chi connectivity index (χ2v) is 11.2. The van der Waals surface area contributed by atoms with Gasteiger partial charge >= 0.3 is 6.18 Å². The maximum absolute atomic E-state index is 12.8. The molecule has 8 heteroatoms. The molecule has 1 aliphatic heterocycles. The van der Waals surface area contributed by atoms with Gasteiger partial charge in [0.25, 0.3) is 5.91 Å². The van der Waals surface area contributed by atoms with Crippen LogP contribution in [0.1, 0.15) is 81.0 Å². The highest BCUT2D eigenvalue weighted by atomic mass is 19.4. The molecule has 1 fully saturated rings. The highest BCUT2D eigenvalue weighted by Gasteiger charge is 2.30. The Bertz CT molecular complexity index is 1440. The molecule has 0 spiro atoms. The van der Waals surface area contributed by atoms with Crippen LogP contribution in [-0.2, 0) is 12.6 Å². The first-order chi connectivity index (χ1) is 21.2. The number of nitrogens with zero attached hydrogens (tertiary/aromatic N) is 1. The first kappa shape index (κ1) is 33.0. The molecule has 2 heterocycles. The van der Waals surface area contributed by atoms with E-state index < -0.39 is 11.7 Å². The van der Waals surface area contributed by atoms with E-state index in [1.165, 1.54) is 17.7 Å². The van der Waals surface area contributed by atoms with Crippen LogP contribution < -0.4 is 15.0 Å². The molecule has 0 saturated carbocycles. The van der Waals surface area contributed by atoms with Crippen LogP contribution in [0.15, 0.2) is 83.3 Å². The Morgan fingerprint density at radius 2 is 1.59 bits per heavy atom. The number of fused-ring (bicyclic) bond motifs is 1. The van der Waals surface area contributed by atoms with Crippen LogP contribution in [0.3, 0.4) is 0 Å². The van der Waals surface area contributed by atoms with E-state index in [1.54, 1.807) is 6.07 Å². The number of hydrogen-bond donors (Lipinski definition) is 1. The Labute approximate surface area is 258 Å². The molecule has 0 bridgehead atoms. The first-order valence-electron chi connectivity index (χ1n) is 15.7. The van der Waals surface area contributed by atoms with Gasteiger partial charge in [0.2, 0.25) is 0 Å². The third-order valence-corrected chi connectivity index (χ3v) is 7.88. The zero-order chi connectivity index (χ0) is 31.5. The maximum Gasteiger partial charge on any atom is 0.416 e. The lowest BCUT2D eigenvalue weighted by molar-refractivity contribution is -0.137. The molecule has 1 aromatic heterocycles. The number of amides is 1. The molecule has 0 unspecified atom stereocenters. The molecule has 1 N–H and O–H groups in total. The number of alkyl halides is 3. The minimum absolute atomic E-state index is 0.00617. The van der Waals surface area contributed by atoms with Crippen molar-refractivity contribution in [2.45, 2.75) is 84.0 Å². The number of halogens is 3. The highest BCUT2D eigenvalue weighted by Crippen LogP contribution is 2.32. The van der Waals surface area contributed by atoms with Gasteiger partial charge in [-0.15, -0.1) is 0 Å². The van der Waals surface area contributed by atoms with Crippen molar-refractivity contribution in [1.29, 1.82) is 0 Å². The van der Waals surface area contributed by atoms with E-state index >= 15 is 0 Å². The summed E-state index contributed by atoms with van der Waals surface area (Å²) in [6.45, 7) is 7.78. The third kappa shape index (κ3) is 9.28. The van der Waals surface area contributed by atoms with Crippen LogP contribution in [0.4, 0.5) is 18.9 Å². The second-order valence-electron chi connectivity index (χ2n) is 11.2. The van der Waals surface area contributed by atoms with E-state index in [-0.39, 0.29) is 18.1 Å². The summed E-state index contributed by atoms with van der Waals surface area (Å²) in [6, 6.07) is 23.2. The molecule has 236 valence electrons. The van der Waals surface area contributed by atoms with Gasteiger partial charge in [-0.1, -0.05) is 63.9 Å². The van der Waals surface area contributed by atoms with Crippen molar-refractivity contribution in [2.24, 2.45) is 0 Å². The van der Waals surface area contributed by atoms with E-state index in [2.05, 4.69) is 55.3 Å². The molecular formula is C36H43F3N2O3. The fourth-order valence-corrected chi connectivity index (χ4v) is 5.45. The lowest BCUT2D eigenvalue weighted by atomic mass is 10.1. The second kappa shape index (κ2) is 15.7. The van der Waals surface area contributed by atoms with Crippen molar-refractivity contribution in [2.75, 3.05) is 18.0 Å². The highest BCUT2D eigenvalue weighted by molar-refractivity contribution is 5.96. The molecule has 44 heavy (non-hydrogen) atoms. The molecule has 1 aliphatic rings. The van der Waals surface area contributed by atoms with E-state index in [9.17, 15) is 18.0 Å². The number of furan rings is 1. The molecule has 4 aromatic rings. The van der Waals surface area contributed by atoms with E-state index in [4.69, 9.17) is 9.15 Å². The van der Waals surface area contributed by atoms with Crippen molar-refractivity contribution in [3.8, 4) is 5.75 Å². The Morgan fingerprint density at radius 3 is 2.16 bits per heavy atom. The van der Waals surface area contributed by atoms with Crippen LogP contribution in [0.5, 0.6) is 5.75 Å². The predicted octanol–water partition coefficient (Wildman–Crippen LogP) is 9.45. The number of carbonyl (C=O) groups excluding carboxylic acids is 1. The van der Waals surface area contributed by atoms with E-state index in [1.807, 2.05) is 24.3 Å². The topological polar surface area (TPSA) is 54.7 Å². The zero-order valence-corrected chi connectivity index (χ0v) is 25.8. The standard InChI is InChI=1S/C28H33F3N2O3.C8H10/c1-3-5-21(6-4-2)32-27(34)26-18-19-17-24(11-12-25(19)36-26)35-23-13-15-33(16-14-23)22-9-7-20(8-10-22)28(29,30)31;1-2-8-6-4-3-5-7-8/h7-12,17-18,21,23H,3-6,13-16H2,1-2H3,(H,32,34);3-7H,2H2,1H3. The summed E-state index contributed by atoms with van der Waals surface area (Å²) in [5.41, 5.74) is 2.19. The Morgan fingerprint density at radius 1 is 0.932 bits per heavy atom. The smallest absolute Gasteiger partial charge is 0.416 e. The summed E-state index contributed by atoms with van der Waals surface area (Å²) >= 11 is 0. The molecule has 0 aliphatic carbocycles. The number of rotatable bonds is 10. The minimum Gasteiger partial charge on any atom is -0.490 e. The van der Waals surface area contributed by atoms with Gasteiger partial charge in [0.15, 0.2) is 5.76 Å². The largest absolute Gasteiger partial charge is 0.490 e. The molecule has 3 aromatic carbocycles. The lowest BCUT2D eigenvalue weighted by Gasteiger charge is -2.33. The summed E-state index contributed by atoms with van der Waals surface area (Å²) in [5.74, 6) is 0.804. The van der Waals surface area contributed by atoms with Gasteiger partial charge in [-0.3, -0.25) is 4.79 Å². The average Bonchev–Trinajstić information content (AvgIpc) is 3.46. The Hall–Kier alpha value is -3.94. The quantitative estimate of drug-likeness (QED) is 0.195. The Balaban J connectivity index is 0.000000479. The number of aryl methyl sites for hydroxylation is 1. The number of nitrogens with one attached hydrogen (secondary N) is 1. The normalized spacial score (nSPS) is 13.9. The molecule has 0 atom stereocenters. The summed E-state index contributed by atoms with van der Waals surface area (Å²) < 4.78 is 50.4. The van der Waals surface area contributed by atoms with Gasteiger partial charge in [0.1, 0.15) is 17.4 Å². The van der Waals surface area contributed by atoms with Crippen LogP contribution in [0, 0.1) is 0 Å². The molecule has 5 rings (SSSR count). The maximum atomic E-state index is 12.8. The van der Waals surface area contributed by atoms with Crippen LogP contribution >= 0.6 is 0 Å². The van der Waals surface area contributed by atoms with Crippen molar-refractivity contribution >= 4 is 22.6 Å². The zero-order valence-electron chi connectivity index (χ0n) is 25.8. The number of piperidine rings is 1. The van der Waals surface area contributed by atoms with Crippen LogP contribution in [0.25, 0.3) is 11.0 Å². The number of benzene rings is 3. The van der Waals surface area contributed by atoms with Gasteiger partial charge in [-0.05, 0) is 73.4 Å². The lowest BCUT2D eigenvalue weighted by Crippen LogP contribution is -2.38. The van der Waals surface area contributed by atoms with Crippen molar-refractivity contribution in [3.63, 3.8) is 0 Å². The minimum atomic E-state index is -4.33. The van der Waals surface area contributed by atoms with Gasteiger partial charge < -0.3 is 19.4 Å². The summed E-state index contributed by atoms with van der Waals surface area (Å²) in [5, 5.41) is 3.89. The average molecular weight is 609 g/mol. The molecule has 5 nitrogen and oxygen atoms in total. The fraction of sp³-hybridized carbons (Fsp3) is 0.417. The van der Waals surface area contributed by atoms with Crippen molar-refractivity contribution in [3.05, 3.63) is 95.7 Å². The fourth-order valence-electron chi connectivity index (χ4n) is 5.45. The molecule has 1 saturated heterocycles. The molecule has 1 amide bonds. The number of ether oxygens (including phenoxy) is 1. The number of carbonyl (C=O) groups is 1. The third-order valence-electron chi connectivity index (χ3n) is 7.88. The van der Waals surface area contributed by atoms with E-state index in [0.29, 0.717) is 30.2 Å².